The lowest BCUT2D eigenvalue weighted by Crippen LogP contribution is -2.39. The molecule has 1 amide bonds. The SMILES string of the molecule is CC(=O)CNC(=O)C(C)S(C)(=O)=O. The number of Topliss-reactive ketones (excluding diaryl/α,β-unsaturated/α-hetero) is 1. The van der Waals surface area contributed by atoms with Gasteiger partial charge < -0.3 is 5.32 Å². The lowest BCUT2D eigenvalue weighted by Gasteiger charge is -2.08. The molecule has 0 rings (SSSR count). The molecule has 0 saturated heterocycles. The van der Waals surface area contributed by atoms with Gasteiger partial charge in [0.1, 0.15) is 11.0 Å². The molecule has 5 nitrogen and oxygen atoms in total. The van der Waals surface area contributed by atoms with Gasteiger partial charge in [-0.05, 0) is 13.8 Å². The van der Waals surface area contributed by atoms with Crippen molar-refractivity contribution >= 4 is 21.5 Å². The molecule has 0 aromatic rings. The van der Waals surface area contributed by atoms with Crippen LogP contribution in [-0.2, 0) is 19.4 Å². The van der Waals surface area contributed by atoms with E-state index in [1.165, 1.54) is 13.8 Å². The molecule has 0 aliphatic rings. The monoisotopic (exact) mass is 207 g/mol. The molecular formula is C7H13NO4S. The van der Waals surface area contributed by atoms with Gasteiger partial charge in [-0.25, -0.2) is 8.42 Å². The van der Waals surface area contributed by atoms with Gasteiger partial charge in [0.25, 0.3) is 0 Å². The zero-order valence-corrected chi connectivity index (χ0v) is 8.64. The Morgan fingerprint density at radius 1 is 1.38 bits per heavy atom. The van der Waals surface area contributed by atoms with Gasteiger partial charge in [-0.3, -0.25) is 9.59 Å². The molecule has 1 N–H and O–H groups in total. The Labute approximate surface area is 77.4 Å². The molecular weight excluding hydrogens is 194 g/mol. The summed E-state index contributed by atoms with van der Waals surface area (Å²) in [7, 11) is -3.37. The highest BCUT2D eigenvalue weighted by atomic mass is 32.2. The van der Waals surface area contributed by atoms with E-state index in [-0.39, 0.29) is 12.3 Å². The third-order valence-corrected chi connectivity index (χ3v) is 3.02. The summed E-state index contributed by atoms with van der Waals surface area (Å²) in [5.41, 5.74) is 0. The van der Waals surface area contributed by atoms with Crippen LogP contribution in [0.4, 0.5) is 0 Å². The first-order valence-corrected chi connectivity index (χ1v) is 5.66. The average Bonchev–Trinajstić information content (AvgIpc) is 1.96. The molecule has 0 fully saturated rings. The molecule has 0 aliphatic heterocycles. The number of ketones is 1. The molecule has 1 unspecified atom stereocenters. The fourth-order valence-corrected chi connectivity index (χ4v) is 1.02. The van der Waals surface area contributed by atoms with Crippen molar-refractivity contribution in [3.05, 3.63) is 0 Å². The first-order chi connectivity index (χ1) is 5.75. The van der Waals surface area contributed by atoms with E-state index in [1.54, 1.807) is 0 Å². The quantitative estimate of drug-likeness (QED) is 0.649. The van der Waals surface area contributed by atoms with Crippen LogP contribution in [0, 0.1) is 0 Å². The Hall–Kier alpha value is -0.910. The van der Waals surface area contributed by atoms with Crippen LogP contribution in [0.2, 0.25) is 0 Å². The minimum atomic E-state index is -3.37. The van der Waals surface area contributed by atoms with Crippen LogP contribution >= 0.6 is 0 Å². The largest absolute Gasteiger partial charge is 0.348 e. The van der Waals surface area contributed by atoms with Gasteiger partial charge in [0.15, 0.2) is 9.84 Å². The summed E-state index contributed by atoms with van der Waals surface area (Å²) >= 11 is 0. The lowest BCUT2D eigenvalue weighted by molar-refractivity contribution is -0.123. The van der Waals surface area contributed by atoms with E-state index in [1.807, 2.05) is 0 Å². The van der Waals surface area contributed by atoms with Crippen molar-refractivity contribution in [2.75, 3.05) is 12.8 Å². The van der Waals surface area contributed by atoms with Gasteiger partial charge in [-0.1, -0.05) is 0 Å². The second kappa shape index (κ2) is 4.36. The summed E-state index contributed by atoms with van der Waals surface area (Å²) in [5.74, 6) is -0.855. The van der Waals surface area contributed by atoms with Gasteiger partial charge in [0.2, 0.25) is 5.91 Å². The van der Waals surface area contributed by atoms with Crippen molar-refractivity contribution in [1.29, 1.82) is 0 Å². The summed E-state index contributed by atoms with van der Waals surface area (Å²) in [6, 6.07) is 0. The molecule has 0 aliphatic carbocycles. The van der Waals surface area contributed by atoms with Gasteiger partial charge in [0, 0.05) is 6.26 Å². The van der Waals surface area contributed by atoms with Crippen LogP contribution in [-0.4, -0.2) is 38.2 Å². The highest BCUT2D eigenvalue weighted by Gasteiger charge is 2.22. The second-order valence-electron chi connectivity index (χ2n) is 2.89. The topological polar surface area (TPSA) is 80.3 Å². The standard InChI is InChI=1S/C7H13NO4S/c1-5(9)4-8-7(10)6(2)13(3,11)12/h6H,4H2,1-3H3,(H,8,10). The molecule has 13 heavy (non-hydrogen) atoms. The fourth-order valence-electron chi connectivity index (χ4n) is 0.550. The lowest BCUT2D eigenvalue weighted by atomic mass is 10.4. The van der Waals surface area contributed by atoms with E-state index in [2.05, 4.69) is 5.32 Å². The molecule has 0 aromatic carbocycles. The molecule has 0 saturated carbocycles. The molecule has 0 radical (unpaired) electrons. The maximum atomic E-state index is 11.1. The number of rotatable bonds is 4. The van der Waals surface area contributed by atoms with E-state index in [0.29, 0.717) is 0 Å². The van der Waals surface area contributed by atoms with Gasteiger partial charge in [-0.15, -0.1) is 0 Å². The maximum Gasteiger partial charge on any atom is 0.238 e. The van der Waals surface area contributed by atoms with Crippen molar-refractivity contribution in [2.24, 2.45) is 0 Å². The molecule has 0 heterocycles. The molecule has 76 valence electrons. The summed E-state index contributed by atoms with van der Waals surface area (Å²) < 4.78 is 21.7. The average molecular weight is 207 g/mol. The van der Waals surface area contributed by atoms with Crippen LogP contribution < -0.4 is 5.32 Å². The van der Waals surface area contributed by atoms with Crippen molar-refractivity contribution in [3.8, 4) is 0 Å². The van der Waals surface area contributed by atoms with Crippen LogP contribution in [0.1, 0.15) is 13.8 Å². The zero-order valence-electron chi connectivity index (χ0n) is 7.83. The minimum absolute atomic E-state index is 0.126. The van der Waals surface area contributed by atoms with Crippen LogP contribution in [0.5, 0.6) is 0 Å². The maximum absolute atomic E-state index is 11.1. The molecule has 6 heteroatoms. The van der Waals surface area contributed by atoms with Crippen molar-refractivity contribution < 1.29 is 18.0 Å². The molecule has 0 bridgehead atoms. The van der Waals surface area contributed by atoms with Crippen LogP contribution in [0.25, 0.3) is 0 Å². The first-order valence-electron chi connectivity index (χ1n) is 3.71. The number of carbonyl (C=O) groups is 2. The number of sulfone groups is 1. The van der Waals surface area contributed by atoms with E-state index in [4.69, 9.17) is 0 Å². The highest BCUT2D eigenvalue weighted by Crippen LogP contribution is 1.96. The number of hydrogen-bond acceptors (Lipinski definition) is 4. The summed E-state index contributed by atoms with van der Waals surface area (Å²) in [6.45, 7) is 2.47. The Morgan fingerprint density at radius 2 is 1.85 bits per heavy atom. The minimum Gasteiger partial charge on any atom is -0.348 e. The Bertz CT molecular complexity index is 306. The van der Waals surface area contributed by atoms with Gasteiger partial charge >= 0.3 is 0 Å². The smallest absolute Gasteiger partial charge is 0.238 e. The van der Waals surface area contributed by atoms with E-state index < -0.39 is 21.0 Å². The molecule has 0 aromatic heterocycles. The van der Waals surface area contributed by atoms with Gasteiger partial charge in [0.05, 0.1) is 6.54 Å². The molecule has 1 atom stereocenters. The van der Waals surface area contributed by atoms with E-state index in [9.17, 15) is 18.0 Å². The summed E-state index contributed by atoms with van der Waals surface area (Å²) in [4.78, 5) is 21.5. The van der Waals surface area contributed by atoms with Crippen LogP contribution in [0.3, 0.4) is 0 Å². The summed E-state index contributed by atoms with van der Waals surface area (Å²) in [5, 5.41) is 1.12. The number of hydrogen-bond donors (Lipinski definition) is 1. The van der Waals surface area contributed by atoms with E-state index >= 15 is 0 Å². The highest BCUT2D eigenvalue weighted by molar-refractivity contribution is 7.92. The van der Waals surface area contributed by atoms with E-state index in [0.717, 1.165) is 6.26 Å². The summed E-state index contributed by atoms with van der Waals surface area (Å²) in [6.07, 6.45) is 0.977. The number of carbonyl (C=O) groups excluding carboxylic acids is 2. The van der Waals surface area contributed by atoms with Crippen LogP contribution in [0.15, 0.2) is 0 Å². The first kappa shape index (κ1) is 12.1. The predicted octanol–water partition coefficient (Wildman–Crippen LogP) is -0.875. The fraction of sp³-hybridized carbons (Fsp3) is 0.714. The number of nitrogens with one attached hydrogen (secondary N) is 1. The van der Waals surface area contributed by atoms with Crippen molar-refractivity contribution in [3.63, 3.8) is 0 Å². The zero-order chi connectivity index (χ0) is 10.6. The Balaban J connectivity index is 4.22. The predicted molar refractivity (Wildman–Crippen MR) is 48.0 cm³/mol. The van der Waals surface area contributed by atoms with Crippen molar-refractivity contribution in [1.82, 2.24) is 5.32 Å². The third kappa shape index (κ3) is 4.62. The Kier molecular flexibility index (Phi) is 4.06. The second-order valence-corrected chi connectivity index (χ2v) is 5.26. The van der Waals surface area contributed by atoms with Gasteiger partial charge in [-0.2, -0.15) is 0 Å². The Morgan fingerprint density at radius 3 is 2.15 bits per heavy atom. The molecule has 0 spiro atoms. The normalized spacial score (nSPS) is 13.5. The van der Waals surface area contributed by atoms with Crippen molar-refractivity contribution in [2.45, 2.75) is 19.1 Å². The third-order valence-electron chi connectivity index (χ3n) is 1.52. The number of amides is 1.